The summed E-state index contributed by atoms with van der Waals surface area (Å²) in [4.78, 5) is 24.0. The summed E-state index contributed by atoms with van der Waals surface area (Å²) in [5.41, 5.74) is -0.959. The van der Waals surface area contributed by atoms with E-state index in [4.69, 9.17) is 4.74 Å². The third kappa shape index (κ3) is 4.20. The number of hydrogen-bond acceptors (Lipinski definition) is 4. The van der Waals surface area contributed by atoms with Crippen LogP contribution in [0.25, 0.3) is 0 Å². The number of amides is 2. The number of carbonyl (C=O) groups is 2. The molecule has 6 heteroatoms. The molecule has 0 aromatic carbocycles. The first-order valence-electron chi connectivity index (χ1n) is 7.04. The predicted octanol–water partition coefficient (Wildman–Crippen LogP) is 0.728. The van der Waals surface area contributed by atoms with Crippen LogP contribution in [0, 0.1) is 16.7 Å². The highest BCUT2D eigenvalue weighted by Gasteiger charge is 2.40. The maximum atomic E-state index is 12.3. The fourth-order valence-electron chi connectivity index (χ4n) is 2.37. The largest absolute Gasteiger partial charge is 0.383 e. The van der Waals surface area contributed by atoms with Crippen LogP contribution in [0.3, 0.4) is 0 Å². The van der Waals surface area contributed by atoms with E-state index in [1.807, 2.05) is 0 Å². The summed E-state index contributed by atoms with van der Waals surface area (Å²) in [6.07, 6.45) is 3.98. The normalized spacial score (nSPS) is 18.6. The van der Waals surface area contributed by atoms with Gasteiger partial charge in [0.15, 0.2) is 0 Å². The van der Waals surface area contributed by atoms with Gasteiger partial charge in [0, 0.05) is 13.7 Å². The Labute approximate surface area is 119 Å². The molecule has 1 aliphatic rings. The van der Waals surface area contributed by atoms with Crippen LogP contribution in [-0.2, 0) is 14.3 Å². The summed E-state index contributed by atoms with van der Waals surface area (Å²) in [6.45, 7) is 2.45. The summed E-state index contributed by atoms with van der Waals surface area (Å²) >= 11 is 0. The van der Waals surface area contributed by atoms with Crippen LogP contribution in [0.1, 0.15) is 39.0 Å². The molecule has 1 rings (SSSR count). The Balaban J connectivity index is 2.51. The van der Waals surface area contributed by atoms with Crippen LogP contribution >= 0.6 is 0 Å². The lowest BCUT2D eigenvalue weighted by molar-refractivity contribution is -0.134. The van der Waals surface area contributed by atoms with Crippen molar-refractivity contribution in [2.75, 3.05) is 20.3 Å². The Morgan fingerprint density at radius 3 is 2.55 bits per heavy atom. The molecule has 112 valence electrons. The molecule has 0 radical (unpaired) electrons. The first kappa shape index (κ1) is 16.4. The molecule has 0 aromatic heterocycles. The number of nitrogens with one attached hydrogen (secondary N) is 2. The Bertz CT molecular complexity index is 384. The summed E-state index contributed by atoms with van der Waals surface area (Å²) in [7, 11) is 1.55. The highest BCUT2D eigenvalue weighted by molar-refractivity contribution is 5.91. The van der Waals surface area contributed by atoms with Gasteiger partial charge in [-0.05, 0) is 19.8 Å². The van der Waals surface area contributed by atoms with Crippen molar-refractivity contribution in [1.29, 1.82) is 5.26 Å². The van der Waals surface area contributed by atoms with E-state index in [0.29, 0.717) is 26.0 Å². The highest BCUT2D eigenvalue weighted by Crippen LogP contribution is 2.35. The molecule has 0 heterocycles. The molecule has 2 N–H and O–H groups in total. The molecule has 20 heavy (non-hydrogen) atoms. The van der Waals surface area contributed by atoms with Crippen LogP contribution in [0.4, 0.5) is 0 Å². The van der Waals surface area contributed by atoms with Crippen LogP contribution in [-0.4, -0.2) is 38.1 Å². The number of rotatable bonds is 6. The van der Waals surface area contributed by atoms with Crippen molar-refractivity contribution >= 4 is 11.8 Å². The first-order chi connectivity index (χ1) is 9.55. The van der Waals surface area contributed by atoms with Crippen LogP contribution in [0.2, 0.25) is 0 Å². The lowest BCUT2D eigenvalue weighted by atomic mass is 9.74. The standard InChI is InChI=1S/C14H23N3O3/c1-11(12(18)16-8-9-20-2)17-13(19)14(10-15)6-4-3-5-7-14/h11H,3-9H2,1-2H3,(H,16,18)(H,17,19). The molecule has 1 atom stereocenters. The summed E-state index contributed by atoms with van der Waals surface area (Å²) in [5, 5.41) is 14.6. The van der Waals surface area contributed by atoms with Crippen LogP contribution in [0.15, 0.2) is 0 Å². The summed E-state index contributed by atoms with van der Waals surface area (Å²) in [6, 6.07) is 1.50. The third-order valence-electron chi connectivity index (χ3n) is 3.70. The molecule has 0 aromatic rings. The van der Waals surface area contributed by atoms with Gasteiger partial charge in [-0.15, -0.1) is 0 Å². The minimum atomic E-state index is -0.959. The fourth-order valence-corrected chi connectivity index (χ4v) is 2.37. The Morgan fingerprint density at radius 1 is 1.35 bits per heavy atom. The van der Waals surface area contributed by atoms with Crippen LogP contribution in [0.5, 0.6) is 0 Å². The van der Waals surface area contributed by atoms with Gasteiger partial charge < -0.3 is 15.4 Å². The molecule has 0 aliphatic heterocycles. The van der Waals surface area contributed by atoms with E-state index in [1.54, 1.807) is 14.0 Å². The van der Waals surface area contributed by atoms with Crippen molar-refractivity contribution in [2.45, 2.75) is 45.1 Å². The Morgan fingerprint density at radius 2 is 2.00 bits per heavy atom. The number of nitriles is 1. The average molecular weight is 281 g/mol. The van der Waals surface area contributed by atoms with Crippen LogP contribution < -0.4 is 10.6 Å². The minimum absolute atomic E-state index is 0.265. The van der Waals surface area contributed by atoms with E-state index < -0.39 is 11.5 Å². The first-order valence-corrected chi connectivity index (χ1v) is 7.04. The molecule has 0 spiro atoms. The van der Waals surface area contributed by atoms with Gasteiger partial charge in [0.2, 0.25) is 11.8 Å². The van der Waals surface area contributed by atoms with Gasteiger partial charge in [0.05, 0.1) is 12.7 Å². The molecule has 1 unspecified atom stereocenters. The van der Waals surface area contributed by atoms with E-state index in [9.17, 15) is 14.9 Å². The Kier molecular flexibility index (Phi) is 6.46. The van der Waals surface area contributed by atoms with E-state index in [0.717, 1.165) is 19.3 Å². The summed E-state index contributed by atoms with van der Waals surface area (Å²) in [5.74, 6) is -0.589. The number of methoxy groups -OCH3 is 1. The van der Waals surface area contributed by atoms with Gasteiger partial charge >= 0.3 is 0 Å². The highest BCUT2D eigenvalue weighted by atomic mass is 16.5. The minimum Gasteiger partial charge on any atom is -0.383 e. The molecular weight excluding hydrogens is 258 g/mol. The molecule has 0 bridgehead atoms. The van der Waals surface area contributed by atoms with E-state index in [-0.39, 0.29) is 11.8 Å². The third-order valence-corrected chi connectivity index (χ3v) is 3.70. The van der Waals surface area contributed by atoms with Crippen molar-refractivity contribution in [1.82, 2.24) is 10.6 Å². The number of nitrogens with zero attached hydrogens (tertiary/aromatic N) is 1. The van der Waals surface area contributed by atoms with Crippen molar-refractivity contribution in [3.8, 4) is 6.07 Å². The lowest BCUT2D eigenvalue weighted by Gasteiger charge is -2.30. The zero-order valence-electron chi connectivity index (χ0n) is 12.2. The van der Waals surface area contributed by atoms with E-state index in [1.165, 1.54) is 0 Å². The van der Waals surface area contributed by atoms with E-state index >= 15 is 0 Å². The van der Waals surface area contributed by atoms with Gasteiger partial charge in [0.1, 0.15) is 11.5 Å². The number of ether oxygens (including phenoxy) is 1. The average Bonchev–Trinajstić information content (AvgIpc) is 2.47. The van der Waals surface area contributed by atoms with Crippen molar-refractivity contribution in [2.24, 2.45) is 5.41 Å². The number of carbonyl (C=O) groups excluding carboxylic acids is 2. The molecule has 1 saturated carbocycles. The monoisotopic (exact) mass is 281 g/mol. The number of hydrogen-bond donors (Lipinski definition) is 2. The van der Waals surface area contributed by atoms with Gasteiger partial charge in [-0.2, -0.15) is 5.26 Å². The van der Waals surface area contributed by atoms with Crippen molar-refractivity contribution in [3.05, 3.63) is 0 Å². The van der Waals surface area contributed by atoms with Gasteiger partial charge in [-0.1, -0.05) is 19.3 Å². The van der Waals surface area contributed by atoms with Gasteiger partial charge in [0.25, 0.3) is 0 Å². The molecule has 1 aliphatic carbocycles. The topological polar surface area (TPSA) is 91.2 Å². The maximum Gasteiger partial charge on any atom is 0.242 e. The second kappa shape index (κ2) is 7.85. The maximum absolute atomic E-state index is 12.3. The second-order valence-electron chi connectivity index (χ2n) is 5.23. The van der Waals surface area contributed by atoms with Crippen molar-refractivity contribution in [3.63, 3.8) is 0 Å². The zero-order chi connectivity index (χ0) is 15.0. The van der Waals surface area contributed by atoms with Gasteiger partial charge in [-0.3, -0.25) is 9.59 Å². The zero-order valence-corrected chi connectivity index (χ0v) is 12.2. The SMILES string of the molecule is COCCNC(=O)C(C)NC(=O)C1(C#N)CCCCC1. The lowest BCUT2D eigenvalue weighted by Crippen LogP contribution is -2.50. The van der Waals surface area contributed by atoms with Crippen molar-refractivity contribution < 1.29 is 14.3 Å². The predicted molar refractivity (Wildman–Crippen MR) is 73.6 cm³/mol. The molecule has 0 saturated heterocycles. The smallest absolute Gasteiger partial charge is 0.242 e. The molecule has 1 fully saturated rings. The summed E-state index contributed by atoms with van der Waals surface area (Å²) < 4.78 is 4.84. The Hall–Kier alpha value is -1.61. The molecule has 2 amide bonds. The van der Waals surface area contributed by atoms with Gasteiger partial charge in [-0.25, -0.2) is 0 Å². The van der Waals surface area contributed by atoms with E-state index in [2.05, 4.69) is 16.7 Å². The molecule has 6 nitrogen and oxygen atoms in total. The molecular formula is C14H23N3O3. The fraction of sp³-hybridized carbons (Fsp3) is 0.786. The second-order valence-corrected chi connectivity index (χ2v) is 5.23. The quantitative estimate of drug-likeness (QED) is 0.702.